The number of rotatable bonds is 2. The topological polar surface area (TPSA) is 48.7 Å². The molecule has 0 aliphatic heterocycles. The average molecular weight is 292 g/mol. The summed E-state index contributed by atoms with van der Waals surface area (Å²) in [5.41, 5.74) is 0.803. The quantitative estimate of drug-likeness (QED) is 0.920. The van der Waals surface area contributed by atoms with Gasteiger partial charge in [-0.3, -0.25) is 0 Å². The number of aromatic nitrogens is 1. The summed E-state index contributed by atoms with van der Waals surface area (Å²) in [4.78, 5) is 4.00. The smallest absolute Gasteiger partial charge is 0.147 e. The molecule has 17 heavy (non-hydrogen) atoms. The van der Waals surface area contributed by atoms with Crippen LogP contribution in [-0.4, -0.2) is 4.98 Å². The van der Waals surface area contributed by atoms with Crippen molar-refractivity contribution in [3.63, 3.8) is 0 Å². The third-order valence-corrected chi connectivity index (χ3v) is 2.58. The summed E-state index contributed by atoms with van der Waals surface area (Å²) in [6.07, 6.45) is 1.43. The molecule has 2 aromatic rings. The molecule has 0 fully saturated rings. The molecule has 3 nitrogen and oxygen atoms in total. The Morgan fingerprint density at radius 3 is 2.71 bits per heavy atom. The van der Waals surface area contributed by atoms with E-state index in [4.69, 9.17) is 5.26 Å². The maximum atomic E-state index is 13.5. The molecule has 0 amide bonds. The largest absolute Gasteiger partial charge is 0.338 e. The van der Waals surface area contributed by atoms with E-state index in [9.17, 15) is 4.39 Å². The monoisotopic (exact) mass is 291 g/mol. The number of hydrogen-bond acceptors (Lipinski definition) is 3. The summed E-state index contributed by atoms with van der Waals surface area (Å²) in [7, 11) is 0. The molecule has 0 aliphatic carbocycles. The Morgan fingerprint density at radius 2 is 2.12 bits per heavy atom. The number of halogens is 2. The first-order valence-electron chi connectivity index (χ1n) is 4.77. The summed E-state index contributed by atoms with van der Waals surface area (Å²) in [5, 5.41) is 11.5. The van der Waals surface area contributed by atoms with Crippen molar-refractivity contribution in [2.75, 3.05) is 5.32 Å². The van der Waals surface area contributed by atoms with Crippen LogP contribution in [0.25, 0.3) is 0 Å². The summed E-state index contributed by atoms with van der Waals surface area (Å²) in [6.45, 7) is 0. The molecule has 1 heterocycles. The van der Waals surface area contributed by atoms with Crippen molar-refractivity contribution >= 4 is 27.4 Å². The van der Waals surface area contributed by atoms with Gasteiger partial charge in [0.15, 0.2) is 0 Å². The molecule has 0 unspecified atom stereocenters. The first-order chi connectivity index (χ1) is 8.19. The summed E-state index contributed by atoms with van der Waals surface area (Å²) in [6, 6.07) is 9.92. The number of nitrogens with one attached hydrogen (secondary N) is 1. The molecule has 0 radical (unpaired) electrons. The Morgan fingerprint density at radius 1 is 1.29 bits per heavy atom. The van der Waals surface area contributed by atoms with Crippen LogP contribution in [0.5, 0.6) is 0 Å². The van der Waals surface area contributed by atoms with Crippen LogP contribution < -0.4 is 5.32 Å². The zero-order chi connectivity index (χ0) is 12.3. The van der Waals surface area contributed by atoms with Crippen LogP contribution in [0.1, 0.15) is 5.56 Å². The van der Waals surface area contributed by atoms with Gasteiger partial charge in [0.2, 0.25) is 0 Å². The van der Waals surface area contributed by atoms with Gasteiger partial charge < -0.3 is 5.32 Å². The molecule has 1 N–H and O–H groups in total. The highest BCUT2D eigenvalue weighted by atomic mass is 79.9. The highest BCUT2D eigenvalue weighted by Gasteiger charge is 2.03. The first-order valence-corrected chi connectivity index (χ1v) is 5.56. The summed E-state index contributed by atoms with van der Waals surface area (Å²) < 4.78 is 14.2. The highest BCUT2D eigenvalue weighted by Crippen LogP contribution is 2.22. The van der Waals surface area contributed by atoms with E-state index in [1.807, 2.05) is 6.07 Å². The normalized spacial score (nSPS) is 9.71. The second-order valence-corrected chi connectivity index (χ2v) is 4.21. The van der Waals surface area contributed by atoms with E-state index < -0.39 is 0 Å². The van der Waals surface area contributed by atoms with Gasteiger partial charge in [-0.15, -0.1) is 0 Å². The predicted molar refractivity (Wildman–Crippen MR) is 66.3 cm³/mol. The van der Waals surface area contributed by atoms with Gasteiger partial charge in [0.1, 0.15) is 17.7 Å². The predicted octanol–water partition coefficient (Wildman–Crippen LogP) is 3.60. The maximum Gasteiger partial charge on any atom is 0.147 e. The fraction of sp³-hybridized carbons (Fsp3) is 0. The molecule has 0 saturated heterocycles. The number of nitrogens with zero attached hydrogens (tertiary/aromatic N) is 2. The molecule has 5 heteroatoms. The minimum Gasteiger partial charge on any atom is -0.338 e. The van der Waals surface area contributed by atoms with Crippen LogP contribution in [-0.2, 0) is 0 Å². The van der Waals surface area contributed by atoms with Crippen molar-refractivity contribution in [3.05, 3.63) is 52.4 Å². The standard InChI is InChI=1S/C12H7BrFN3/c13-9-2-3-11(10(14)5-9)17-12-4-1-8(6-15)7-16-12/h1-5,7H,(H,16,17). The van der Waals surface area contributed by atoms with Gasteiger partial charge in [0.25, 0.3) is 0 Å². The first kappa shape index (κ1) is 11.6. The molecule has 0 bridgehead atoms. The van der Waals surface area contributed by atoms with Crippen LogP contribution in [0.15, 0.2) is 41.0 Å². The van der Waals surface area contributed by atoms with Gasteiger partial charge in [-0.05, 0) is 30.3 Å². The van der Waals surface area contributed by atoms with E-state index in [0.29, 0.717) is 21.5 Å². The van der Waals surface area contributed by atoms with Crippen molar-refractivity contribution in [2.45, 2.75) is 0 Å². The number of anilines is 2. The van der Waals surface area contributed by atoms with E-state index >= 15 is 0 Å². The molecule has 0 spiro atoms. The lowest BCUT2D eigenvalue weighted by molar-refractivity contribution is 0.631. The minimum absolute atomic E-state index is 0.338. The van der Waals surface area contributed by atoms with Crippen LogP contribution in [0, 0.1) is 17.1 Å². The molecule has 1 aromatic carbocycles. The second-order valence-electron chi connectivity index (χ2n) is 3.29. The van der Waals surface area contributed by atoms with Gasteiger partial charge in [0.05, 0.1) is 11.3 Å². The van der Waals surface area contributed by atoms with Gasteiger partial charge >= 0.3 is 0 Å². The Bertz CT molecular complexity index is 575. The van der Waals surface area contributed by atoms with E-state index in [0.717, 1.165) is 0 Å². The van der Waals surface area contributed by atoms with E-state index in [1.54, 1.807) is 24.3 Å². The average Bonchev–Trinajstić information content (AvgIpc) is 2.34. The fourth-order valence-electron chi connectivity index (χ4n) is 1.26. The number of pyridine rings is 1. The Balaban J connectivity index is 2.23. The van der Waals surface area contributed by atoms with Crippen molar-refractivity contribution in [1.29, 1.82) is 5.26 Å². The third kappa shape index (κ3) is 2.80. The van der Waals surface area contributed by atoms with Crippen molar-refractivity contribution < 1.29 is 4.39 Å². The van der Waals surface area contributed by atoms with Crippen LogP contribution >= 0.6 is 15.9 Å². The van der Waals surface area contributed by atoms with E-state index in [2.05, 4.69) is 26.2 Å². The lowest BCUT2D eigenvalue weighted by Gasteiger charge is -2.06. The zero-order valence-corrected chi connectivity index (χ0v) is 10.2. The van der Waals surface area contributed by atoms with Crippen molar-refractivity contribution in [1.82, 2.24) is 4.98 Å². The lowest BCUT2D eigenvalue weighted by Crippen LogP contribution is -1.96. The van der Waals surface area contributed by atoms with E-state index in [1.165, 1.54) is 12.3 Å². The molecule has 84 valence electrons. The maximum absolute atomic E-state index is 13.5. The Labute approximate surface area is 106 Å². The molecule has 1 aromatic heterocycles. The van der Waals surface area contributed by atoms with E-state index in [-0.39, 0.29) is 5.82 Å². The van der Waals surface area contributed by atoms with Gasteiger partial charge in [-0.2, -0.15) is 5.26 Å². The molecule has 2 rings (SSSR count). The van der Waals surface area contributed by atoms with Crippen LogP contribution in [0.4, 0.5) is 15.9 Å². The lowest BCUT2D eigenvalue weighted by atomic mass is 10.3. The van der Waals surface area contributed by atoms with Crippen molar-refractivity contribution in [3.8, 4) is 6.07 Å². The summed E-state index contributed by atoms with van der Waals surface area (Å²) in [5.74, 6) is 0.121. The molecule has 0 saturated carbocycles. The van der Waals surface area contributed by atoms with Crippen LogP contribution in [0.3, 0.4) is 0 Å². The van der Waals surface area contributed by atoms with Crippen LogP contribution in [0.2, 0.25) is 0 Å². The van der Waals surface area contributed by atoms with Gasteiger partial charge in [0, 0.05) is 10.7 Å². The molecule has 0 atom stereocenters. The molecular weight excluding hydrogens is 285 g/mol. The molecule has 0 aliphatic rings. The van der Waals surface area contributed by atoms with Crippen molar-refractivity contribution in [2.24, 2.45) is 0 Å². The second kappa shape index (κ2) is 4.93. The zero-order valence-electron chi connectivity index (χ0n) is 8.61. The van der Waals surface area contributed by atoms with Gasteiger partial charge in [-0.25, -0.2) is 9.37 Å². The number of nitriles is 1. The Hall–Kier alpha value is -1.93. The van der Waals surface area contributed by atoms with Gasteiger partial charge in [-0.1, -0.05) is 15.9 Å². The third-order valence-electron chi connectivity index (χ3n) is 2.09. The minimum atomic E-state index is -0.370. The fourth-order valence-corrected chi connectivity index (χ4v) is 1.60. The SMILES string of the molecule is N#Cc1ccc(Nc2ccc(Br)cc2F)nc1. The molecular formula is C12H7BrFN3. The Kier molecular flexibility index (Phi) is 3.35. The summed E-state index contributed by atoms with van der Waals surface area (Å²) >= 11 is 3.18. The highest BCUT2D eigenvalue weighted by molar-refractivity contribution is 9.10. The number of benzene rings is 1. The number of hydrogen-bond donors (Lipinski definition) is 1.